The second-order valence-electron chi connectivity index (χ2n) is 5.75. The van der Waals surface area contributed by atoms with Crippen molar-refractivity contribution < 1.29 is 19.1 Å². The highest BCUT2D eigenvalue weighted by atomic mass is 16.4. The summed E-state index contributed by atoms with van der Waals surface area (Å²) in [5, 5.41) is 10.9. The van der Waals surface area contributed by atoms with Gasteiger partial charge in [-0.2, -0.15) is 0 Å². The van der Waals surface area contributed by atoms with Crippen molar-refractivity contribution in [3.05, 3.63) is 23.2 Å². The van der Waals surface area contributed by atoms with Crippen LogP contribution in [0.4, 0.5) is 0 Å². The highest BCUT2D eigenvalue weighted by molar-refractivity contribution is 5.93. The summed E-state index contributed by atoms with van der Waals surface area (Å²) in [6.45, 7) is 6.57. The standard InChI is InChI=1S/C15H22N2O4/c1-10-4-3-5-17(8-10)9-12-6-13(21-11(12)2)15(20)16-7-14(18)19/h6,10H,3-5,7-9H2,1-2H3,(H,16,20)(H,18,19). The number of nitrogens with zero attached hydrogens (tertiary/aromatic N) is 1. The van der Waals surface area contributed by atoms with E-state index in [1.165, 1.54) is 12.8 Å². The van der Waals surface area contributed by atoms with Crippen LogP contribution in [0.3, 0.4) is 0 Å². The third-order valence-corrected chi connectivity index (χ3v) is 3.78. The molecule has 0 aromatic carbocycles. The molecule has 0 bridgehead atoms. The SMILES string of the molecule is Cc1oc(C(=O)NCC(=O)O)cc1CN1CCCC(C)C1. The number of nitrogens with one attached hydrogen (secondary N) is 1. The van der Waals surface area contributed by atoms with Crippen LogP contribution in [0.2, 0.25) is 0 Å². The molecule has 2 N–H and O–H groups in total. The summed E-state index contributed by atoms with van der Waals surface area (Å²) >= 11 is 0. The number of carbonyl (C=O) groups excluding carboxylic acids is 1. The van der Waals surface area contributed by atoms with Crippen molar-refractivity contribution in [2.24, 2.45) is 5.92 Å². The van der Waals surface area contributed by atoms with Crippen LogP contribution in [0.1, 0.15) is 41.6 Å². The molecule has 2 heterocycles. The fraction of sp³-hybridized carbons (Fsp3) is 0.600. The smallest absolute Gasteiger partial charge is 0.322 e. The Labute approximate surface area is 124 Å². The molecule has 1 aromatic heterocycles. The number of piperidine rings is 1. The molecule has 2 rings (SSSR count). The molecule has 1 fully saturated rings. The molecule has 1 aliphatic rings. The van der Waals surface area contributed by atoms with Gasteiger partial charge in [0, 0.05) is 18.7 Å². The fourth-order valence-electron chi connectivity index (χ4n) is 2.70. The van der Waals surface area contributed by atoms with Crippen molar-refractivity contribution in [3.8, 4) is 0 Å². The minimum Gasteiger partial charge on any atom is -0.480 e. The first-order valence-electron chi connectivity index (χ1n) is 7.27. The van der Waals surface area contributed by atoms with E-state index in [-0.39, 0.29) is 5.76 Å². The third kappa shape index (κ3) is 4.32. The lowest BCUT2D eigenvalue weighted by atomic mass is 10.00. The van der Waals surface area contributed by atoms with Crippen molar-refractivity contribution in [2.75, 3.05) is 19.6 Å². The van der Waals surface area contributed by atoms with Gasteiger partial charge in [0.15, 0.2) is 5.76 Å². The van der Waals surface area contributed by atoms with E-state index in [0.29, 0.717) is 11.7 Å². The highest BCUT2D eigenvalue weighted by Crippen LogP contribution is 2.21. The van der Waals surface area contributed by atoms with Gasteiger partial charge in [0.25, 0.3) is 5.91 Å². The Morgan fingerprint density at radius 1 is 1.52 bits per heavy atom. The zero-order valence-corrected chi connectivity index (χ0v) is 12.5. The molecule has 1 aromatic rings. The minimum absolute atomic E-state index is 0.175. The van der Waals surface area contributed by atoms with Crippen molar-refractivity contribution in [3.63, 3.8) is 0 Å². The van der Waals surface area contributed by atoms with E-state index < -0.39 is 18.4 Å². The van der Waals surface area contributed by atoms with E-state index in [2.05, 4.69) is 17.1 Å². The highest BCUT2D eigenvalue weighted by Gasteiger charge is 2.20. The van der Waals surface area contributed by atoms with Crippen molar-refractivity contribution in [1.29, 1.82) is 0 Å². The summed E-state index contributed by atoms with van der Waals surface area (Å²) in [4.78, 5) is 24.6. The molecule has 1 unspecified atom stereocenters. The lowest BCUT2D eigenvalue weighted by Gasteiger charge is -2.30. The number of carboxylic acid groups (broad SMARTS) is 1. The average molecular weight is 294 g/mol. The molecule has 21 heavy (non-hydrogen) atoms. The molecule has 1 aliphatic heterocycles. The molecule has 0 saturated carbocycles. The monoisotopic (exact) mass is 294 g/mol. The summed E-state index contributed by atoms with van der Waals surface area (Å²) in [6, 6.07) is 1.71. The first-order chi connectivity index (χ1) is 9.95. The molecular formula is C15H22N2O4. The maximum absolute atomic E-state index is 11.8. The normalized spacial score (nSPS) is 19.4. The molecule has 0 spiro atoms. The summed E-state index contributed by atoms with van der Waals surface area (Å²) in [5.41, 5.74) is 0.990. The van der Waals surface area contributed by atoms with E-state index in [1.54, 1.807) is 6.07 Å². The largest absolute Gasteiger partial charge is 0.480 e. The molecule has 1 saturated heterocycles. The van der Waals surface area contributed by atoms with Gasteiger partial charge in [0.2, 0.25) is 0 Å². The number of hydrogen-bond donors (Lipinski definition) is 2. The van der Waals surface area contributed by atoms with Crippen molar-refractivity contribution in [1.82, 2.24) is 10.2 Å². The summed E-state index contributed by atoms with van der Waals surface area (Å²) < 4.78 is 5.45. The molecule has 1 amide bonds. The van der Waals surface area contributed by atoms with Crippen LogP contribution in [0, 0.1) is 12.8 Å². The second kappa shape index (κ2) is 6.76. The number of carboxylic acids is 1. The number of amides is 1. The maximum Gasteiger partial charge on any atom is 0.322 e. The van der Waals surface area contributed by atoms with E-state index in [0.717, 1.165) is 25.2 Å². The van der Waals surface area contributed by atoms with Gasteiger partial charge in [0.05, 0.1) is 0 Å². The van der Waals surface area contributed by atoms with Crippen LogP contribution in [-0.2, 0) is 11.3 Å². The van der Waals surface area contributed by atoms with Gasteiger partial charge in [-0.3, -0.25) is 14.5 Å². The first-order valence-corrected chi connectivity index (χ1v) is 7.27. The van der Waals surface area contributed by atoms with E-state index in [9.17, 15) is 9.59 Å². The lowest BCUT2D eigenvalue weighted by Crippen LogP contribution is -2.33. The molecule has 6 nitrogen and oxygen atoms in total. The van der Waals surface area contributed by atoms with Crippen LogP contribution >= 0.6 is 0 Å². The number of furan rings is 1. The van der Waals surface area contributed by atoms with Crippen LogP contribution in [0.15, 0.2) is 10.5 Å². The third-order valence-electron chi connectivity index (χ3n) is 3.78. The Morgan fingerprint density at radius 3 is 2.95 bits per heavy atom. The number of hydrogen-bond acceptors (Lipinski definition) is 4. The van der Waals surface area contributed by atoms with E-state index >= 15 is 0 Å². The Bertz CT molecular complexity index is 524. The van der Waals surface area contributed by atoms with Crippen molar-refractivity contribution >= 4 is 11.9 Å². The predicted molar refractivity (Wildman–Crippen MR) is 77.1 cm³/mol. The number of likely N-dealkylation sites (tertiary alicyclic amines) is 1. The van der Waals surface area contributed by atoms with Crippen molar-refractivity contribution in [2.45, 2.75) is 33.2 Å². The lowest BCUT2D eigenvalue weighted by molar-refractivity contribution is -0.135. The molecule has 0 aliphatic carbocycles. The Balaban J connectivity index is 1.98. The zero-order chi connectivity index (χ0) is 15.4. The number of carbonyl (C=O) groups is 2. The van der Waals surface area contributed by atoms with Gasteiger partial charge in [0.1, 0.15) is 12.3 Å². The Hall–Kier alpha value is -1.82. The predicted octanol–water partition coefficient (Wildman–Crippen LogP) is 1.63. The van der Waals surface area contributed by atoms with Crippen LogP contribution in [0.5, 0.6) is 0 Å². The molecular weight excluding hydrogens is 272 g/mol. The van der Waals surface area contributed by atoms with Gasteiger partial charge in [-0.15, -0.1) is 0 Å². The number of aliphatic carboxylic acids is 1. The van der Waals surface area contributed by atoms with Gasteiger partial charge < -0.3 is 14.8 Å². The maximum atomic E-state index is 11.8. The minimum atomic E-state index is -1.07. The second-order valence-corrected chi connectivity index (χ2v) is 5.75. The van der Waals surface area contributed by atoms with Crippen LogP contribution in [0.25, 0.3) is 0 Å². The quantitative estimate of drug-likeness (QED) is 0.862. The van der Waals surface area contributed by atoms with Gasteiger partial charge in [-0.25, -0.2) is 0 Å². The summed E-state index contributed by atoms with van der Waals surface area (Å²) in [5.74, 6) is 0.0275. The Morgan fingerprint density at radius 2 is 2.29 bits per heavy atom. The molecule has 116 valence electrons. The fourth-order valence-corrected chi connectivity index (χ4v) is 2.70. The number of aryl methyl sites for hydroxylation is 1. The van der Waals surface area contributed by atoms with E-state index in [1.807, 2.05) is 6.92 Å². The zero-order valence-electron chi connectivity index (χ0n) is 12.5. The van der Waals surface area contributed by atoms with E-state index in [4.69, 9.17) is 9.52 Å². The average Bonchev–Trinajstić information content (AvgIpc) is 2.77. The summed E-state index contributed by atoms with van der Waals surface area (Å²) in [6.07, 6.45) is 2.47. The molecule has 6 heteroatoms. The topological polar surface area (TPSA) is 82.8 Å². The number of rotatable bonds is 5. The first kappa shape index (κ1) is 15.6. The summed E-state index contributed by atoms with van der Waals surface area (Å²) in [7, 11) is 0. The molecule has 1 atom stereocenters. The Kier molecular flexibility index (Phi) is 5.01. The van der Waals surface area contributed by atoms with Gasteiger partial charge in [-0.05, 0) is 38.3 Å². The van der Waals surface area contributed by atoms with Crippen LogP contribution in [-0.4, -0.2) is 41.5 Å². The van der Waals surface area contributed by atoms with Crippen LogP contribution < -0.4 is 5.32 Å². The van der Waals surface area contributed by atoms with Gasteiger partial charge in [-0.1, -0.05) is 6.92 Å². The van der Waals surface area contributed by atoms with Gasteiger partial charge >= 0.3 is 5.97 Å². The molecule has 0 radical (unpaired) electrons.